The predicted octanol–water partition coefficient (Wildman–Crippen LogP) is 6.46. The fourth-order valence-corrected chi connectivity index (χ4v) is 3.97. The van der Waals surface area contributed by atoms with Crippen LogP contribution < -0.4 is 5.32 Å². The molecule has 0 aromatic heterocycles. The van der Waals surface area contributed by atoms with Crippen molar-refractivity contribution in [1.29, 1.82) is 0 Å². The van der Waals surface area contributed by atoms with Crippen molar-refractivity contribution in [3.8, 4) is 0 Å². The summed E-state index contributed by atoms with van der Waals surface area (Å²) in [5.74, 6) is 0.819. The van der Waals surface area contributed by atoms with Crippen LogP contribution in [0.15, 0.2) is 94.4 Å². The maximum Gasteiger partial charge on any atom is 0.168 e. The first kappa shape index (κ1) is 19.9. The van der Waals surface area contributed by atoms with Gasteiger partial charge in [-0.2, -0.15) is 0 Å². The fraction of sp³-hybridized carbons (Fsp3) is 0.182. The van der Waals surface area contributed by atoms with Gasteiger partial charge in [0.05, 0.1) is 10.3 Å². The topological polar surface area (TPSA) is 36.8 Å². The molecular formula is C22H22IN3S. The van der Waals surface area contributed by atoms with Gasteiger partial charge in [-0.3, -0.25) is 4.99 Å². The lowest BCUT2D eigenvalue weighted by molar-refractivity contribution is 0.984. The largest absolute Gasteiger partial charge is 0.335 e. The summed E-state index contributed by atoms with van der Waals surface area (Å²) in [6.07, 6.45) is 8.42. The van der Waals surface area contributed by atoms with Gasteiger partial charge in [-0.05, 0) is 36.1 Å². The number of hydrogen-bond acceptors (Lipinski definition) is 2. The second-order valence-corrected chi connectivity index (χ2v) is 8.71. The van der Waals surface area contributed by atoms with Crippen LogP contribution in [0.25, 0.3) is 0 Å². The molecule has 0 unspecified atom stereocenters. The molecule has 0 fully saturated rings. The van der Waals surface area contributed by atoms with E-state index >= 15 is 0 Å². The van der Waals surface area contributed by atoms with Gasteiger partial charge in [-0.15, -0.1) is 0 Å². The molecule has 3 nitrogen and oxygen atoms in total. The molecule has 2 aromatic rings. The highest BCUT2D eigenvalue weighted by atomic mass is 127. The van der Waals surface area contributed by atoms with Crippen LogP contribution in [0.1, 0.15) is 18.4 Å². The minimum atomic E-state index is 0.633. The van der Waals surface area contributed by atoms with Crippen LogP contribution in [-0.4, -0.2) is 14.8 Å². The molecule has 0 spiro atoms. The van der Waals surface area contributed by atoms with E-state index < -0.39 is 0 Å². The maximum atomic E-state index is 4.91. The fourth-order valence-electron chi connectivity index (χ4n) is 2.64. The van der Waals surface area contributed by atoms with Crippen LogP contribution in [-0.2, 0) is 6.54 Å². The average molecular weight is 487 g/mol. The van der Waals surface area contributed by atoms with Gasteiger partial charge in [0.2, 0.25) is 0 Å². The van der Waals surface area contributed by atoms with E-state index in [4.69, 9.17) is 9.98 Å². The Morgan fingerprint density at radius 1 is 1.04 bits per heavy atom. The van der Waals surface area contributed by atoms with E-state index in [0.717, 1.165) is 33.3 Å². The number of halogens is 1. The number of benzene rings is 2. The van der Waals surface area contributed by atoms with Crippen molar-refractivity contribution in [2.45, 2.75) is 19.4 Å². The first-order chi connectivity index (χ1) is 13.3. The molecule has 0 amide bonds. The zero-order valence-corrected chi connectivity index (χ0v) is 18.0. The molecule has 3 rings (SSSR count). The van der Waals surface area contributed by atoms with E-state index in [2.05, 4.69) is 58.3 Å². The number of aliphatic imine (C=N–C) groups is 2. The standard InChI is InChI=1S/C22H22IN3S/c23-17-27-22(25-20-14-8-3-9-15-20)26-21(19-12-6-2-7-13-19)24-16-18-10-4-1-5-11-18/h1-6,8-12,14-15H,7,13,16-17H2,(H,24,25,26). The molecule has 1 aliphatic carbocycles. The lowest BCUT2D eigenvalue weighted by Gasteiger charge is -2.13. The van der Waals surface area contributed by atoms with Crippen molar-refractivity contribution >= 4 is 51.0 Å². The van der Waals surface area contributed by atoms with Crippen molar-refractivity contribution in [2.75, 3.05) is 9.08 Å². The minimum absolute atomic E-state index is 0.633. The summed E-state index contributed by atoms with van der Waals surface area (Å²) >= 11 is 4.04. The molecule has 2 aromatic carbocycles. The van der Waals surface area contributed by atoms with Crippen molar-refractivity contribution < 1.29 is 0 Å². The zero-order valence-electron chi connectivity index (χ0n) is 15.0. The van der Waals surface area contributed by atoms with Crippen LogP contribution in [0.3, 0.4) is 0 Å². The van der Waals surface area contributed by atoms with Crippen LogP contribution in [0.2, 0.25) is 0 Å². The average Bonchev–Trinajstić information content (AvgIpc) is 2.73. The van der Waals surface area contributed by atoms with Gasteiger partial charge >= 0.3 is 0 Å². The number of amidine groups is 2. The van der Waals surface area contributed by atoms with Crippen molar-refractivity contribution in [2.24, 2.45) is 9.98 Å². The molecule has 27 heavy (non-hydrogen) atoms. The second kappa shape index (κ2) is 11.1. The quantitative estimate of drug-likeness (QED) is 0.228. The molecule has 0 aliphatic heterocycles. The summed E-state index contributed by atoms with van der Waals surface area (Å²) in [6, 6.07) is 20.5. The van der Waals surface area contributed by atoms with Gasteiger partial charge in [0.1, 0.15) is 0 Å². The third-order valence-corrected chi connectivity index (χ3v) is 5.49. The van der Waals surface area contributed by atoms with E-state index in [9.17, 15) is 0 Å². The van der Waals surface area contributed by atoms with E-state index in [-0.39, 0.29) is 0 Å². The van der Waals surface area contributed by atoms with Gasteiger partial charge < -0.3 is 5.32 Å². The summed E-state index contributed by atoms with van der Waals surface area (Å²) in [6.45, 7) is 0.633. The Labute approximate surface area is 178 Å². The highest BCUT2D eigenvalue weighted by molar-refractivity contribution is 14.1. The number of anilines is 1. The Balaban J connectivity index is 1.88. The molecule has 138 valence electrons. The smallest absolute Gasteiger partial charge is 0.168 e. The number of allylic oxidation sites excluding steroid dienone is 3. The Morgan fingerprint density at radius 2 is 1.78 bits per heavy atom. The molecule has 1 N–H and O–H groups in total. The van der Waals surface area contributed by atoms with Crippen LogP contribution in [0.4, 0.5) is 5.69 Å². The number of alkyl halides is 1. The van der Waals surface area contributed by atoms with E-state index in [1.54, 1.807) is 11.8 Å². The molecule has 0 bridgehead atoms. The van der Waals surface area contributed by atoms with Gasteiger partial charge in [0.25, 0.3) is 0 Å². The highest BCUT2D eigenvalue weighted by Crippen LogP contribution is 2.19. The summed E-state index contributed by atoms with van der Waals surface area (Å²) in [5.41, 5.74) is 3.42. The van der Waals surface area contributed by atoms with Crippen LogP contribution >= 0.6 is 34.4 Å². The summed E-state index contributed by atoms with van der Waals surface area (Å²) in [5, 5.41) is 4.30. The molecule has 0 atom stereocenters. The number of para-hydroxylation sites is 1. The van der Waals surface area contributed by atoms with Crippen molar-refractivity contribution in [3.05, 3.63) is 90.0 Å². The van der Waals surface area contributed by atoms with E-state index in [0.29, 0.717) is 6.54 Å². The van der Waals surface area contributed by atoms with Gasteiger partial charge in [0, 0.05) is 5.69 Å². The number of nitrogens with zero attached hydrogens (tertiary/aromatic N) is 2. The second-order valence-electron chi connectivity index (χ2n) is 5.95. The summed E-state index contributed by atoms with van der Waals surface area (Å²) in [4.78, 5) is 9.76. The Morgan fingerprint density at radius 3 is 2.44 bits per heavy atom. The van der Waals surface area contributed by atoms with E-state index in [1.807, 2.05) is 48.5 Å². The Hall–Kier alpha value is -1.86. The van der Waals surface area contributed by atoms with Gasteiger partial charge in [0.15, 0.2) is 11.0 Å². The van der Waals surface area contributed by atoms with E-state index in [1.165, 1.54) is 11.1 Å². The summed E-state index contributed by atoms with van der Waals surface area (Å²) in [7, 11) is 0. The first-order valence-electron chi connectivity index (χ1n) is 8.89. The molecule has 0 radical (unpaired) electrons. The van der Waals surface area contributed by atoms with Gasteiger partial charge in [-0.1, -0.05) is 101 Å². The van der Waals surface area contributed by atoms with Crippen LogP contribution in [0.5, 0.6) is 0 Å². The number of rotatable bonds is 5. The monoisotopic (exact) mass is 487 g/mol. The first-order valence-corrected chi connectivity index (χ1v) is 11.4. The molecule has 1 aliphatic rings. The number of thioether (sulfide) groups is 1. The molecular weight excluding hydrogens is 465 g/mol. The molecule has 0 heterocycles. The van der Waals surface area contributed by atoms with Crippen LogP contribution in [0, 0.1) is 0 Å². The van der Waals surface area contributed by atoms with Crippen molar-refractivity contribution in [3.63, 3.8) is 0 Å². The lowest BCUT2D eigenvalue weighted by atomic mass is 10.0. The third-order valence-electron chi connectivity index (χ3n) is 3.98. The Bertz CT molecular complexity index is 842. The molecule has 0 saturated carbocycles. The van der Waals surface area contributed by atoms with Crippen molar-refractivity contribution in [1.82, 2.24) is 0 Å². The third kappa shape index (κ3) is 6.66. The summed E-state index contributed by atoms with van der Waals surface area (Å²) < 4.78 is 0.918. The Kier molecular flexibility index (Phi) is 8.17. The zero-order chi connectivity index (χ0) is 18.7. The molecule has 5 heteroatoms. The van der Waals surface area contributed by atoms with Gasteiger partial charge in [-0.25, -0.2) is 4.99 Å². The lowest BCUT2D eigenvalue weighted by Crippen LogP contribution is -2.13. The highest BCUT2D eigenvalue weighted by Gasteiger charge is 2.10. The SMILES string of the molecule is ICSC(=NC(=NCc1ccccc1)C1=CC=CCC1)Nc1ccccc1. The molecule has 0 saturated heterocycles. The normalized spacial score (nSPS) is 14.8. The number of nitrogens with one attached hydrogen (secondary N) is 1. The minimum Gasteiger partial charge on any atom is -0.335 e. The predicted molar refractivity (Wildman–Crippen MR) is 128 cm³/mol. The number of hydrogen-bond donors (Lipinski definition) is 1. The maximum absolute atomic E-state index is 4.91.